The Bertz CT molecular complexity index is 573. The van der Waals surface area contributed by atoms with Crippen molar-refractivity contribution in [2.45, 2.75) is 77.5 Å². The van der Waals surface area contributed by atoms with E-state index in [9.17, 15) is 27.1 Å². The Balaban J connectivity index is 5.04. The molecule has 14 heteroatoms. The van der Waals surface area contributed by atoms with E-state index in [4.69, 9.17) is 19.0 Å². The lowest BCUT2D eigenvalue weighted by Gasteiger charge is -2.34. The van der Waals surface area contributed by atoms with E-state index in [0.717, 1.165) is 38.5 Å². The smallest absolute Gasteiger partial charge is 0.378 e. The van der Waals surface area contributed by atoms with Crippen molar-refractivity contribution >= 4 is 22.4 Å². The second kappa shape index (κ2) is 16.8. The van der Waals surface area contributed by atoms with Gasteiger partial charge in [-0.15, -0.1) is 18.8 Å². The van der Waals surface area contributed by atoms with Crippen LogP contribution in [-0.2, 0) is 27.7 Å². The second-order valence-corrected chi connectivity index (χ2v) is 9.00. The van der Waals surface area contributed by atoms with E-state index in [0.29, 0.717) is 12.8 Å². The molecule has 0 aromatic carbocycles. The Morgan fingerprint density at radius 2 is 1.53 bits per heavy atom. The van der Waals surface area contributed by atoms with Gasteiger partial charge >= 0.3 is 28.6 Å². The van der Waals surface area contributed by atoms with Crippen molar-refractivity contribution in [1.82, 2.24) is 5.32 Å². The summed E-state index contributed by atoms with van der Waals surface area (Å²) in [6, 6.07) is 0. The molecule has 0 aliphatic heterocycles. The SMILES string of the molecule is CCCCC(CCCC)(CCCNC(=O)C(F)(F)F)COCC(CO[P+](=O)O)O[P+](=O)O. The predicted molar refractivity (Wildman–Crippen MR) is 111 cm³/mol. The van der Waals surface area contributed by atoms with E-state index in [1.807, 2.05) is 19.2 Å². The molecule has 0 rings (SSSR count). The Kier molecular flexibility index (Phi) is 16.4. The van der Waals surface area contributed by atoms with Crippen LogP contribution in [0.3, 0.4) is 0 Å². The maximum absolute atomic E-state index is 12.4. The van der Waals surface area contributed by atoms with Crippen molar-refractivity contribution in [3.05, 3.63) is 0 Å². The molecule has 0 aliphatic carbocycles. The first-order chi connectivity index (χ1) is 15.0. The number of amides is 1. The van der Waals surface area contributed by atoms with Crippen LogP contribution in [-0.4, -0.2) is 54.3 Å². The van der Waals surface area contributed by atoms with Gasteiger partial charge in [-0.2, -0.15) is 13.2 Å². The first-order valence-electron chi connectivity index (χ1n) is 10.5. The molecule has 0 fully saturated rings. The molecule has 0 aromatic rings. The van der Waals surface area contributed by atoms with Crippen molar-refractivity contribution < 1.29 is 50.7 Å². The molecule has 3 N–H and O–H groups in total. The molecule has 0 radical (unpaired) electrons. The zero-order valence-corrected chi connectivity index (χ0v) is 20.2. The summed E-state index contributed by atoms with van der Waals surface area (Å²) in [6.07, 6.45) is -0.0365. The number of alkyl halides is 3. The van der Waals surface area contributed by atoms with Crippen LogP contribution in [0.5, 0.6) is 0 Å². The quantitative estimate of drug-likeness (QED) is 0.170. The topological polar surface area (TPSA) is 131 Å². The molecule has 3 atom stereocenters. The summed E-state index contributed by atoms with van der Waals surface area (Å²) in [5.74, 6) is -1.97. The summed E-state index contributed by atoms with van der Waals surface area (Å²) in [5, 5.41) is 1.88. The normalized spacial score (nSPS) is 14.2. The Morgan fingerprint density at radius 1 is 0.969 bits per heavy atom. The summed E-state index contributed by atoms with van der Waals surface area (Å²) < 4.78 is 73.8. The zero-order valence-electron chi connectivity index (χ0n) is 18.4. The molecular weight excluding hydrogens is 477 g/mol. The minimum absolute atomic E-state index is 0.119. The fourth-order valence-corrected chi connectivity index (χ4v) is 3.92. The Hall–Kier alpha value is -0.740. The van der Waals surface area contributed by atoms with Gasteiger partial charge < -0.3 is 10.1 Å². The van der Waals surface area contributed by atoms with Gasteiger partial charge in [-0.25, -0.2) is 0 Å². The van der Waals surface area contributed by atoms with Crippen LogP contribution in [0.15, 0.2) is 0 Å². The van der Waals surface area contributed by atoms with Gasteiger partial charge in [0.05, 0.1) is 13.2 Å². The molecule has 0 saturated heterocycles. The molecule has 3 unspecified atom stereocenters. The van der Waals surface area contributed by atoms with Gasteiger partial charge in [0.15, 0.2) is 6.10 Å². The summed E-state index contributed by atoms with van der Waals surface area (Å²) in [6.45, 7) is 3.54. The number of carbonyl (C=O) groups is 1. The molecule has 0 spiro atoms. The highest BCUT2D eigenvalue weighted by Crippen LogP contribution is 2.37. The summed E-state index contributed by atoms with van der Waals surface area (Å²) in [7, 11) is -5.89. The van der Waals surface area contributed by atoms with Crippen LogP contribution in [0, 0.1) is 5.41 Å². The lowest BCUT2D eigenvalue weighted by atomic mass is 9.75. The summed E-state index contributed by atoms with van der Waals surface area (Å²) in [5.41, 5.74) is -0.357. The highest BCUT2D eigenvalue weighted by molar-refractivity contribution is 7.32. The lowest BCUT2D eigenvalue weighted by molar-refractivity contribution is -0.173. The molecule has 9 nitrogen and oxygen atoms in total. The molecular formula is C18H34F3NO8P2+2. The zero-order chi connectivity index (χ0) is 24.6. The fraction of sp³-hybridized carbons (Fsp3) is 0.944. The maximum atomic E-state index is 12.4. The number of hydrogen-bond acceptors (Lipinski definition) is 6. The minimum Gasteiger partial charge on any atom is -0.378 e. The van der Waals surface area contributed by atoms with E-state index >= 15 is 0 Å². The highest BCUT2D eigenvalue weighted by atomic mass is 31.1. The molecule has 0 heterocycles. The summed E-state index contributed by atoms with van der Waals surface area (Å²) >= 11 is 0. The van der Waals surface area contributed by atoms with Gasteiger partial charge in [0.25, 0.3) is 0 Å². The van der Waals surface area contributed by atoms with Crippen molar-refractivity contribution in [2.24, 2.45) is 5.41 Å². The molecule has 0 aromatic heterocycles. The monoisotopic (exact) mass is 511 g/mol. The average Bonchev–Trinajstić information content (AvgIpc) is 2.70. The standard InChI is InChI=1S/C18H32F3NO8P2/c1-3-5-8-17(9-6-4-2,10-7-11-22-16(23)18(19,20)21)14-28-12-15(30-32(26)27)13-29-31(24)25/h15H,3-14H2,1-2H3,(H-2,22,23,24,25,26,27)/p+2. The second-order valence-electron chi connectivity index (χ2n) is 7.58. The van der Waals surface area contributed by atoms with Crippen molar-refractivity contribution in [2.75, 3.05) is 26.4 Å². The van der Waals surface area contributed by atoms with Crippen LogP contribution in [0.2, 0.25) is 0 Å². The number of carbonyl (C=O) groups excluding carboxylic acids is 1. The fourth-order valence-electron chi connectivity index (χ4n) is 3.25. The van der Waals surface area contributed by atoms with Crippen LogP contribution >= 0.6 is 16.5 Å². The predicted octanol–water partition coefficient (Wildman–Crippen LogP) is 4.53. The minimum atomic E-state index is -4.92. The van der Waals surface area contributed by atoms with Crippen LogP contribution in [0.25, 0.3) is 0 Å². The molecule has 0 aliphatic rings. The average molecular weight is 511 g/mol. The highest BCUT2D eigenvalue weighted by Gasteiger charge is 2.38. The number of rotatable bonds is 19. The van der Waals surface area contributed by atoms with Gasteiger partial charge in [-0.3, -0.25) is 4.79 Å². The summed E-state index contributed by atoms with van der Waals surface area (Å²) in [4.78, 5) is 28.7. The van der Waals surface area contributed by atoms with Gasteiger partial charge in [0.1, 0.15) is 6.61 Å². The van der Waals surface area contributed by atoms with E-state index in [2.05, 4.69) is 4.52 Å². The first-order valence-corrected chi connectivity index (χ1v) is 12.8. The Labute approximate surface area is 188 Å². The number of halogens is 3. The Morgan fingerprint density at radius 3 is 2.00 bits per heavy atom. The van der Waals surface area contributed by atoms with Crippen LogP contribution in [0.4, 0.5) is 13.2 Å². The lowest BCUT2D eigenvalue weighted by Crippen LogP contribution is -2.38. The molecule has 1 amide bonds. The number of nitrogens with one attached hydrogen (secondary N) is 1. The molecule has 32 heavy (non-hydrogen) atoms. The van der Waals surface area contributed by atoms with Crippen LogP contribution < -0.4 is 5.32 Å². The van der Waals surface area contributed by atoms with Gasteiger partial charge in [-0.1, -0.05) is 39.5 Å². The third-order valence-electron chi connectivity index (χ3n) is 4.87. The van der Waals surface area contributed by atoms with Gasteiger partial charge in [-0.05, 0) is 31.1 Å². The van der Waals surface area contributed by atoms with E-state index in [1.54, 1.807) is 0 Å². The maximum Gasteiger partial charge on any atom is 0.695 e. The van der Waals surface area contributed by atoms with Crippen LogP contribution in [0.1, 0.15) is 65.2 Å². The molecule has 0 bridgehead atoms. The third-order valence-corrected chi connectivity index (χ3v) is 5.72. The molecule has 0 saturated carbocycles. The van der Waals surface area contributed by atoms with Crippen molar-refractivity contribution in [3.8, 4) is 0 Å². The third kappa shape index (κ3) is 15.2. The number of hydrogen-bond donors (Lipinski definition) is 3. The van der Waals surface area contributed by atoms with E-state index in [1.165, 1.54) is 0 Å². The largest absolute Gasteiger partial charge is 0.695 e. The van der Waals surface area contributed by atoms with E-state index in [-0.39, 0.29) is 25.2 Å². The first kappa shape index (κ1) is 31.3. The van der Waals surface area contributed by atoms with E-state index < -0.39 is 41.3 Å². The van der Waals surface area contributed by atoms with Crippen molar-refractivity contribution in [1.29, 1.82) is 0 Å². The van der Waals surface area contributed by atoms with Crippen molar-refractivity contribution in [3.63, 3.8) is 0 Å². The number of ether oxygens (including phenoxy) is 1. The molecule has 188 valence electrons. The number of unbranched alkanes of at least 4 members (excludes halogenated alkanes) is 2. The van der Waals surface area contributed by atoms with Gasteiger partial charge in [0, 0.05) is 15.7 Å². The van der Waals surface area contributed by atoms with Gasteiger partial charge in [0.2, 0.25) is 0 Å².